The first kappa shape index (κ1) is 95.1. The molecule has 101 heavy (non-hydrogen) atoms. The van der Waals surface area contributed by atoms with Crippen LogP contribution in [-0.2, 0) is 96.8 Å². The monoisotopic (exact) mass is 1540 g/mol. The zero-order chi connectivity index (χ0) is 75.2. The van der Waals surface area contributed by atoms with Crippen molar-refractivity contribution in [3.05, 3.63) is 53.9 Å². The van der Waals surface area contributed by atoms with Crippen LogP contribution in [0.5, 0.6) is 0 Å². The number of nitrogens with zero attached hydrogens (tertiary/aromatic N) is 4. The van der Waals surface area contributed by atoms with E-state index in [2.05, 4.69) is 67.7 Å². The Morgan fingerprint density at radius 2 is 0.941 bits per heavy atom. The average Bonchev–Trinajstić information content (AvgIpc) is 1.67. The second-order valence-corrected chi connectivity index (χ2v) is 29.6. The van der Waals surface area contributed by atoms with Crippen LogP contribution in [0.1, 0.15) is 121 Å². The van der Waals surface area contributed by atoms with E-state index >= 15 is 0 Å². The maximum Gasteiger partial charge on any atom is 0.272 e. The summed E-state index contributed by atoms with van der Waals surface area (Å²) in [5.74, 6) is -1.87. The molecule has 0 aliphatic heterocycles. The maximum atomic E-state index is 13.6. The number of aliphatic hydroxyl groups is 4. The van der Waals surface area contributed by atoms with Crippen LogP contribution in [-0.4, -0.2) is 235 Å². The van der Waals surface area contributed by atoms with Gasteiger partial charge in [0.1, 0.15) is 65.1 Å². The lowest BCUT2D eigenvalue weighted by Crippen LogP contribution is -2.32. The predicted molar refractivity (Wildman–Crippen MR) is 370 cm³/mol. The van der Waals surface area contributed by atoms with Gasteiger partial charge >= 0.3 is 0 Å². The molecule has 0 fully saturated rings. The fourth-order valence-corrected chi connectivity index (χ4v) is 11.1. The number of hydrogen-bond donors (Lipinski definition) is 13. The Balaban J connectivity index is 0.00000122. The second kappa shape index (κ2) is 57.4. The second-order valence-electron chi connectivity index (χ2n) is 22.1. The van der Waals surface area contributed by atoms with Crippen molar-refractivity contribution in [1.82, 2.24) is 45.0 Å². The minimum atomic E-state index is -4.85. The first-order valence-electron chi connectivity index (χ1n) is 32.8. The first-order valence-corrected chi connectivity index (χ1v) is 40.1. The van der Waals surface area contributed by atoms with Gasteiger partial charge in [0.15, 0.2) is 0 Å². The number of carbonyl (C=O) groups is 4. The average molecular weight is 1550 g/mol. The Morgan fingerprint density at radius 3 is 1.41 bits per heavy atom. The zero-order valence-electron chi connectivity index (χ0n) is 58.4. The predicted octanol–water partition coefficient (Wildman–Crippen LogP) is 0.455. The lowest BCUT2D eigenvalue weighted by atomic mass is 10.2. The van der Waals surface area contributed by atoms with Crippen molar-refractivity contribution >= 4 is 82.4 Å². The molecule has 13 N–H and O–H groups in total. The molecule has 3 rings (SSSR count). The summed E-state index contributed by atoms with van der Waals surface area (Å²) in [5.41, 5.74) is 1.36. The molecule has 3 aromatic heterocycles. The van der Waals surface area contributed by atoms with Gasteiger partial charge in [0.2, 0.25) is 13.7 Å². The van der Waals surface area contributed by atoms with E-state index in [0.717, 1.165) is 83.7 Å². The molecule has 4 amide bonds. The van der Waals surface area contributed by atoms with E-state index in [4.69, 9.17) is 58.1 Å². The van der Waals surface area contributed by atoms with Gasteiger partial charge in [0, 0.05) is 78.9 Å². The lowest BCUT2D eigenvalue weighted by Gasteiger charge is -2.26. The molecular formula is C58H108N12O26P4S-4. The molecule has 43 heteroatoms. The summed E-state index contributed by atoms with van der Waals surface area (Å²) in [6.45, 7) is -1.94. The van der Waals surface area contributed by atoms with Crippen molar-refractivity contribution < 1.29 is 124 Å². The van der Waals surface area contributed by atoms with Crippen molar-refractivity contribution in [3.8, 4) is 0 Å². The van der Waals surface area contributed by atoms with E-state index in [9.17, 15) is 52.4 Å². The van der Waals surface area contributed by atoms with Gasteiger partial charge in [-0.05, 0) is 103 Å². The number of unbranched alkanes of at least 4 members (excludes halogenated alkanes) is 9. The molecule has 4 atom stereocenters. The first-order chi connectivity index (χ1) is 48.2. The molecule has 586 valence electrons. The quantitative estimate of drug-likeness (QED) is 0.0207. The number of anilines is 3. The van der Waals surface area contributed by atoms with E-state index in [1.165, 1.54) is 65.6 Å². The van der Waals surface area contributed by atoms with Crippen molar-refractivity contribution in [2.45, 2.75) is 110 Å². The van der Waals surface area contributed by atoms with Crippen LogP contribution in [0, 0.1) is 0 Å². The topological polar surface area (TPSA) is 519 Å². The van der Waals surface area contributed by atoms with E-state index in [-0.39, 0.29) is 141 Å². The molecule has 0 radical (unpaired) electrons. The largest absolute Gasteiger partial charge is 0.780 e. The number of phosphoric acid groups is 1. The smallest absolute Gasteiger partial charge is 0.272 e. The molecule has 0 saturated carbocycles. The number of nitrogens with one attached hydrogen (secondary N) is 8. The lowest BCUT2D eigenvalue weighted by molar-refractivity contribution is -0.226. The third-order valence-electron chi connectivity index (χ3n) is 13.2. The van der Waals surface area contributed by atoms with Crippen LogP contribution < -0.4 is 61.9 Å². The van der Waals surface area contributed by atoms with Crippen LogP contribution in [0.15, 0.2) is 36.8 Å². The molecular weight excluding hydrogens is 1440 g/mol. The standard InChI is InChI=1S/C40H67N9O16P2.C11H27N2O6P.C7H18NO4PS/c1-46(2)14-10-11-37(51)43-31-21-35(48(24-31)29-60-4)39(53)45-33-23-36(49(26-33)30-61-5)40(54)44-32-22-34(47(25-32)28-59-3)38(52)42-13-16-62-17-18-63-67(57,58)64-19-20-66(55,56)65-27-41-12-8-6-7-9-15-50;14-6-4-2-1-3-5-12-11-13-20(16,17)19-10-9-18-8-7-15;9-6-4-2-1-3-5-8-7-12-13(10,11)14/h21-26,41,50H,6-20,27-30H2,1-5H3,(H,42,52)(H,43,51)(H,44,54)(H,45,53)(H,55,56)(H,57,58);12,14-15H,1-11H2,(H2,13,16,17);8-9H,1-7H2,(H2,10,11,14)/p-4. The minimum absolute atomic E-state index is 0.00378. The molecule has 3 heterocycles. The Kier molecular flexibility index (Phi) is 54.0. The summed E-state index contributed by atoms with van der Waals surface area (Å²) in [7, 11) is -5.09. The van der Waals surface area contributed by atoms with Crippen LogP contribution in [0.25, 0.3) is 0 Å². The molecule has 3 aromatic rings. The van der Waals surface area contributed by atoms with Gasteiger partial charge in [0.05, 0.1) is 76.6 Å². The van der Waals surface area contributed by atoms with E-state index in [0.29, 0.717) is 38.0 Å². The number of aromatic nitrogens is 3. The highest BCUT2D eigenvalue weighted by atomic mass is 32.5. The van der Waals surface area contributed by atoms with E-state index in [1.54, 1.807) is 6.20 Å². The van der Waals surface area contributed by atoms with Crippen molar-refractivity contribution in [3.63, 3.8) is 0 Å². The molecule has 0 aliphatic rings. The number of methoxy groups -OCH3 is 3. The Hall–Kier alpha value is -3.90. The Morgan fingerprint density at radius 1 is 0.505 bits per heavy atom. The molecule has 0 spiro atoms. The molecule has 0 bridgehead atoms. The van der Waals surface area contributed by atoms with Gasteiger partial charge in [-0.3, -0.25) is 38.9 Å². The third kappa shape index (κ3) is 49.5. The fourth-order valence-electron chi connectivity index (χ4n) is 8.45. The van der Waals surface area contributed by atoms with Gasteiger partial charge in [-0.1, -0.05) is 50.3 Å². The van der Waals surface area contributed by atoms with Crippen molar-refractivity contribution in [2.24, 2.45) is 0 Å². The Labute approximate surface area is 596 Å². The highest BCUT2D eigenvalue weighted by Crippen LogP contribution is 2.42. The zero-order valence-corrected chi connectivity index (χ0v) is 62.8. The van der Waals surface area contributed by atoms with Crippen LogP contribution >= 0.6 is 29.9 Å². The SMILES string of the molecule is COCn1cc(NC(=O)c2cc(NC(=O)c3cc(NC(=O)CCCN(C)C)cn3COC)cn2COC)cc1C(=O)NCCOCCOP(=O)([O-])OCCP(=O)([O-])OCNCCCCCCO.O=P([O-])(NCNCCCCCCO)OCCOCCO.[O-]P(O)(=S)OCNCCCCCCO. The highest BCUT2D eigenvalue weighted by Gasteiger charge is 2.22. The maximum absolute atomic E-state index is 13.6. The number of amides is 4. The number of hydrogen-bond acceptors (Lipinski definition) is 30. The highest BCUT2D eigenvalue weighted by molar-refractivity contribution is 8.06. The molecule has 0 aliphatic carbocycles. The van der Waals surface area contributed by atoms with Gasteiger partial charge in [-0.2, -0.15) is 0 Å². The summed E-state index contributed by atoms with van der Waals surface area (Å²) < 4.78 is 89.1. The van der Waals surface area contributed by atoms with Crippen LogP contribution in [0.2, 0.25) is 0 Å². The van der Waals surface area contributed by atoms with Crippen molar-refractivity contribution in [2.75, 3.05) is 183 Å². The normalized spacial score (nSPS) is 13.8. The number of ether oxygens (including phenoxy) is 5. The van der Waals surface area contributed by atoms with Gasteiger partial charge < -0.3 is 141 Å². The fraction of sp³-hybridized carbons (Fsp3) is 0.724. The Bertz CT molecular complexity index is 2910. The summed E-state index contributed by atoms with van der Waals surface area (Å²) >= 11 is 4.14. The van der Waals surface area contributed by atoms with E-state index in [1.807, 2.05) is 19.0 Å². The van der Waals surface area contributed by atoms with E-state index < -0.39 is 67.0 Å². The summed E-state index contributed by atoms with van der Waals surface area (Å²) in [6, 6.07) is 4.41. The van der Waals surface area contributed by atoms with Gasteiger partial charge in [0.25, 0.3) is 25.5 Å². The summed E-state index contributed by atoms with van der Waals surface area (Å²) in [4.78, 5) is 109. The summed E-state index contributed by atoms with van der Waals surface area (Å²) in [5, 5.41) is 56.2. The minimum Gasteiger partial charge on any atom is -0.780 e. The number of rotatable bonds is 60. The molecule has 0 aromatic carbocycles. The van der Waals surface area contributed by atoms with Crippen LogP contribution in [0.4, 0.5) is 17.1 Å². The molecule has 0 saturated heterocycles. The number of carbonyl (C=O) groups excluding carboxylic acids is 4. The molecule has 38 nitrogen and oxygen atoms in total. The van der Waals surface area contributed by atoms with Crippen molar-refractivity contribution in [1.29, 1.82) is 0 Å². The van der Waals surface area contributed by atoms with Crippen LogP contribution in [0.3, 0.4) is 0 Å². The van der Waals surface area contributed by atoms with Gasteiger partial charge in [-0.15, -0.1) is 0 Å². The number of aliphatic hydroxyl groups excluding tert-OH is 4. The molecule has 4 unspecified atom stereocenters. The number of phosphoric ester groups is 1. The van der Waals surface area contributed by atoms with Gasteiger partial charge in [-0.25, -0.2) is 5.09 Å². The summed E-state index contributed by atoms with van der Waals surface area (Å²) in [6.07, 6.45) is 15.6. The third-order valence-corrected chi connectivity index (χ3v) is 17.3.